The van der Waals surface area contributed by atoms with Crippen molar-refractivity contribution in [1.82, 2.24) is 4.90 Å². The number of hydrogen-bond acceptors (Lipinski definition) is 2. The molecule has 4 nitrogen and oxygen atoms in total. The van der Waals surface area contributed by atoms with E-state index in [2.05, 4.69) is 31.3 Å². The largest absolute Gasteiger partial charge is 0.329 e. The molecule has 0 saturated heterocycles. The molecule has 1 aliphatic heterocycles. The standard InChI is InChI=1S/C20H22N2O2/c1-14(23)21-18-10-6-9-15(11-18)19(24)22-13-17-8-5-4-7-16(17)12-20(22,2)3/h4-11H,12-13H2,1-3H3,(H,21,23). The summed E-state index contributed by atoms with van der Waals surface area (Å²) in [5.41, 5.74) is 3.48. The van der Waals surface area contributed by atoms with Gasteiger partial charge in [-0.2, -0.15) is 0 Å². The van der Waals surface area contributed by atoms with Gasteiger partial charge in [-0.15, -0.1) is 0 Å². The molecule has 1 heterocycles. The lowest BCUT2D eigenvalue weighted by Crippen LogP contribution is -2.51. The highest BCUT2D eigenvalue weighted by Gasteiger charge is 2.36. The van der Waals surface area contributed by atoms with Crippen LogP contribution >= 0.6 is 0 Å². The molecule has 0 atom stereocenters. The summed E-state index contributed by atoms with van der Waals surface area (Å²) in [4.78, 5) is 26.2. The molecule has 0 saturated carbocycles. The van der Waals surface area contributed by atoms with Gasteiger partial charge in [0.25, 0.3) is 5.91 Å². The molecular formula is C20H22N2O2. The van der Waals surface area contributed by atoms with Crippen LogP contribution in [-0.2, 0) is 17.8 Å². The van der Waals surface area contributed by atoms with Crippen LogP contribution in [0, 0.1) is 0 Å². The van der Waals surface area contributed by atoms with Crippen molar-refractivity contribution in [1.29, 1.82) is 0 Å². The van der Waals surface area contributed by atoms with E-state index in [1.807, 2.05) is 17.0 Å². The third-order valence-corrected chi connectivity index (χ3v) is 4.48. The van der Waals surface area contributed by atoms with Crippen molar-refractivity contribution in [3.8, 4) is 0 Å². The average Bonchev–Trinajstić information content (AvgIpc) is 2.52. The van der Waals surface area contributed by atoms with Crippen LogP contribution < -0.4 is 5.32 Å². The highest BCUT2D eigenvalue weighted by molar-refractivity contribution is 5.97. The number of amides is 2. The molecule has 0 bridgehead atoms. The minimum Gasteiger partial charge on any atom is -0.329 e. The number of rotatable bonds is 2. The molecule has 0 fully saturated rings. The molecule has 1 aliphatic rings. The van der Waals surface area contributed by atoms with Crippen LogP contribution in [0.2, 0.25) is 0 Å². The Bertz CT molecular complexity index is 796. The van der Waals surface area contributed by atoms with Crippen molar-refractivity contribution in [2.24, 2.45) is 0 Å². The van der Waals surface area contributed by atoms with Crippen molar-refractivity contribution in [2.45, 2.75) is 39.3 Å². The maximum atomic E-state index is 13.1. The third-order valence-electron chi connectivity index (χ3n) is 4.48. The van der Waals surface area contributed by atoms with Crippen LogP contribution in [0.5, 0.6) is 0 Å². The predicted octanol–water partition coefficient (Wildman–Crippen LogP) is 3.62. The number of carbonyl (C=O) groups excluding carboxylic acids is 2. The van der Waals surface area contributed by atoms with Gasteiger partial charge >= 0.3 is 0 Å². The van der Waals surface area contributed by atoms with E-state index in [1.165, 1.54) is 18.1 Å². The van der Waals surface area contributed by atoms with E-state index in [9.17, 15) is 9.59 Å². The minimum atomic E-state index is -0.255. The van der Waals surface area contributed by atoms with Crippen LogP contribution in [-0.4, -0.2) is 22.3 Å². The average molecular weight is 322 g/mol. The molecule has 2 aromatic carbocycles. The monoisotopic (exact) mass is 322 g/mol. The fourth-order valence-electron chi connectivity index (χ4n) is 3.27. The number of hydrogen-bond donors (Lipinski definition) is 1. The zero-order valence-corrected chi connectivity index (χ0v) is 14.3. The summed E-state index contributed by atoms with van der Waals surface area (Å²) in [6, 6.07) is 15.4. The lowest BCUT2D eigenvalue weighted by Gasteiger charge is -2.43. The quantitative estimate of drug-likeness (QED) is 0.918. The molecule has 4 heteroatoms. The molecule has 2 aromatic rings. The summed E-state index contributed by atoms with van der Waals surface area (Å²) in [7, 11) is 0. The van der Waals surface area contributed by atoms with Gasteiger partial charge < -0.3 is 10.2 Å². The Balaban J connectivity index is 1.91. The molecule has 0 spiro atoms. The minimum absolute atomic E-state index is 0.0123. The van der Waals surface area contributed by atoms with Crippen LogP contribution in [0.25, 0.3) is 0 Å². The zero-order chi connectivity index (χ0) is 17.3. The van der Waals surface area contributed by atoms with E-state index in [0.717, 1.165) is 6.42 Å². The number of carbonyl (C=O) groups is 2. The van der Waals surface area contributed by atoms with Gasteiger partial charge in [0.05, 0.1) is 0 Å². The van der Waals surface area contributed by atoms with Gasteiger partial charge in [-0.05, 0) is 49.6 Å². The first kappa shape index (κ1) is 16.2. The highest BCUT2D eigenvalue weighted by Crippen LogP contribution is 2.32. The molecule has 0 unspecified atom stereocenters. The van der Waals surface area contributed by atoms with E-state index in [-0.39, 0.29) is 17.4 Å². The van der Waals surface area contributed by atoms with Crippen molar-refractivity contribution in [2.75, 3.05) is 5.32 Å². The maximum absolute atomic E-state index is 13.1. The first-order valence-corrected chi connectivity index (χ1v) is 8.13. The Morgan fingerprint density at radius 3 is 2.46 bits per heavy atom. The van der Waals surface area contributed by atoms with E-state index in [4.69, 9.17) is 0 Å². The number of fused-ring (bicyclic) bond motifs is 1. The Morgan fingerprint density at radius 2 is 1.75 bits per heavy atom. The normalized spacial score (nSPS) is 15.5. The Kier molecular flexibility index (Phi) is 4.14. The van der Waals surface area contributed by atoms with Crippen LogP contribution in [0.4, 0.5) is 5.69 Å². The Labute approximate surface area is 142 Å². The third kappa shape index (κ3) is 3.18. The number of nitrogens with zero attached hydrogens (tertiary/aromatic N) is 1. The molecule has 0 aliphatic carbocycles. The van der Waals surface area contributed by atoms with Crippen molar-refractivity contribution >= 4 is 17.5 Å². The smallest absolute Gasteiger partial charge is 0.254 e. The van der Waals surface area contributed by atoms with E-state index in [1.54, 1.807) is 24.3 Å². The zero-order valence-electron chi connectivity index (χ0n) is 14.3. The molecule has 0 radical (unpaired) electrons. The first-order chi connectivity index (χ1) is 11.4. The lowest BCUT2D eigenvalue weighted by molar-refractivity contribution is -0.114. The molecule has 124 valence electrons. The summed E-state index contributed by atoms with van der Waals surface area (Å²) >= 11 is 0. The second-order valence-corrected chi connectivity index (χ2v) is 6.91. The van der Waals surface area contributed by atoms with Gasteiger partial charge in [-0.3, -0.25) is 9.59 Å². The second kappa shape index (κ2) is 6.11. The number of nitrogens with one attached hydrogen (secondary N) is 1. The Morgan fingerprint density at radius 1 is 1.04 bits per heavy atom. The van der Waals surface area contributed by atoms with E-state index < -0.39 is 0 Å². The van der Waals surface area contributed by atoms with E-state index >= 15 is 0 Å². The van der Waals surface area contributed by atoms with Crippen molar-refractivity contribution in [3.05, 3.63) is 65.2 Å². The predicted molar refractivity (Wildman–Crippen MR) is 94.8 cm³/mol. The number of anilines is 1. The van der Waals surface area contributed by atoms with Gasteiger partial charge in [-0.25, -0.2) is 0 Å². The summed E-state index contributed by atoms with van der Waals surface area (Å²) in [5, 5.41) is 2.73. The molecule has 24 heavy (non-hydrogen) atoms. The maximum Gasteiger partial charge on any atom is 0.254 e. The molecule has 3 rings (SSSR count). The lowest BCUT2D eigenvalue weighted by atomic mass is 9.85. The van der Waals surface area contributed by atoms with Crippen LogP contribution in [0.15, 0.2) is 48.5 Å². The SMILES string of the molecule is CC(=O)Nc1cccc(C(=O)N2Cc3ccccc3CC2(C)C)c1. The fraction of sp³-hybridized carbons (Fsp3) is 0.300. The first-order valence-electron chi connectivity index (χ1n) is 8.13. The van der Waals surface area contributed by atoms with Crippen LogP contribution in [0.3, 0.4) is 0 Å². The molecule has 1 N–H and O–H groups in total. The summed E-state index contributed by atoms with van der Waals surface area (Å²) < 4.78 is 0. The fourth-order valence-corrected chi connectivity index (χ4v) is 3.27. The van der Waals surface area contributed by atoms with Gasteiger partial charge in [0.2, 0.25) is 5.91 Å². The van der Waals surface area contributed by atoms with Crippen molar-refractivity contribution < 1.29 is 9.59 Å². The molecule has 0 aromatic heterocycles. The molecular weight excluding hydrogens is 300 g/mol. The van der Waals surface area contributed by atoms with Gasteiger partial charge in [-0.1, -0.05) is 30.3 Å². The molecule has 2 amide bonds. The summed E-state index contributed by atoms with van der Waals surface area (Å²) in [6.07, 6.45) is 0.834. The number of benzene rings is 2. The van der Waals surface area contributed by atoms with Crippen LogP contribution in [0.1, 0.15) is 42.3 Å². The Hall–Kier alpha value is -2.62. The highest BCUT2D eigenvalue weighted by atomic mass is 16.2. The van der Waals surface area contributed by atoms with Gasteiger partial charge in [0, 0.05) is 30.3 Å². The second-order valence-electron chi connectivity index (χ2n) is 6.91. The van der Waals surface area contributed by atoms with Gasteiger partial charge in [0.15, 0.2) is 0 Å². The van der Waals surface area contributed by atoms with Crippen molar-refractivity contribution in [3.63, 3.8) is 0 Å². The summed E-state index contributed by atoms with van der Waals surface area (Å²) in [5.74, 6) is -0.159. The van der Waals surface area contributed by atoms with Gasteiger partial charge in [0.1, 0.15) is 0 Å². The van der Waals surface area contributed by atoms with E-state index in [0.29, 0.717) is 17.8 Å². The summed E-state index contributed by atoms with van der Waals surface area (Å²) in [6.45, 7) is 6.25. The topological polar surface area (TPSA) is 49.4 Å².